The molecule has 0 aliphatic heterocycles. The molecule has 0 bridgehead atoms. The Kier molecular flexibility index (Phi) is 7.61. The fraction of sp³-hybridized carbons (Fsp3) is 0.250. The molecule has 2 aromatic heterocycles. The predicted molar refractivity (Wildman–Crippen MR) is 134 cm³/mol. The number of rotatable bonds is 11. The molecule has 0 spiro atoms. The van der Waals surface area contributed by atoms with Crippen LogP contribution in [0.25, 0.3) is 16.9 Å². The number of fused-ring (bicyclic) bond motifs is 1. The lowest BCUT2D eigenvalue weighted by molar-refractivity contribution is 0.147. The van der Waals surface area contributed by atoms with Crippen LogP contribution in [0, 0.1) is 6.92 Å². The highest BCUT2D eigenvalue weighted by Crippen LogP contribution is 2.27. The Hall–Kier alpha value is -3.51. The van der Waals surface area contributed by atoms with Crippen molar-refractivity contribution in [2.45, 2.75) is 11.8 Å². The Bertz CT molecular complexity index is 1400. The second-order valence-corrected chi connectivity index (χ2v) is 9.48. The summed E-state index contributed by atoms with van der Waals surface area (Å²) in [6, 6.07) is 12.8. The summed E-state index contributed by atoms with van der Waals surface area (Å²) in [4.78, 5) is 9.19. The lowest BCUT2D eigenvalue weighted by Gasteiger charge is -2.12. The molecule has 4 aromatic rings. The number of aromatic nitrogens is 3. The lowest BCUT2D eigenvalue weighted by Crippen LogP contribution is -2.28. The van der Waals surface area contributed by atoms with Crippen LogP contribution in [-0.4, -0.2) is 56.2 Å². The molecule has 2 heterocycles. The summed E-state index contributed by atoms with van der Waals surface area (Å²) in [5.74, 6) is 1.33. The zero-order chi connectivity index (χ0) is 24.8. The first-order chi connectivity index (χ1) is 16.9. The van der Waals surface area contributed by atoms with Gasteiger partial charge in [-0.3, -0.25) is 4.40 Å². The molecule has 0 aliphatic carbocycles. The molecule has 0 fully saturated rings. The van der Waals surface area contributed by atoms with Gasteiger partial charge in [-0.25, -0.2) is 23.1 Å². The van der Waals surface area contributed by atoms with Gasteiger partial charge in [0.1, 0.15) is 5.75 Å². The van der Waals surface area contributed by atoms with Crippen molar-refractivity contribution in [3.05, 3.63) is 66.6 Å². The molecule has 0 saturated heterocycles. The van der Waals surface area contributed by atoms with Gasteiger partial charge in [-0.05, 0) is 55.0 Å². The highest BCUT2D eigenvalue weighted by molar-refractivity contribution is 7.89. The first kappa shape index (κ1) is 24.6. The highest BCUT2D eigenvalue weighted by atomic mass is 32.2. The largest absolute Gasteiger partial charge is 0.497 e. The van der Waals surface area contributed by atoms with E-state index in [4.69, 9.17) is 15.2 Å². The van der Waals surface area contributed by atoms with E-state index in [1.165, 1.54) is 0 Å². The summed E-state index contributed by atoms with van der Waals surface area (Å²) in [6.07, 6.45) is 5.32. The summed E-state index contributed by atoms with van der Waals surface area (Å²) in [7, 11) is -2.03. The molecule has 10 nitrogen and oxygen atoms in total. The maximum absolute atomic E-state index is 12.7. The van der Waals surface area contributed by atoms with Crippen LogP contribution in [0.15, 0.2) is 66.0 Å². The van der Waals surface area contributed by atoms with Crippen molar-refractivity contribution >= 4 is 27.2 Å². The average molecular weight is 497 g/mol. The number of aryl methyl sites for hydroxylation is 1. The smallest absolute Gasteiger partial charge is 0.240 e. The number of imidazole rings is 1. The second-order valence-electron chi connectivity index (χ2n) is 7.75. The SMILES string of the molecule is COc1ccc(-c2cnc3c(Nc4ccc(S(=O)(=O)NCCOCCN)c(C)c4)nccn23)cc1. The molecule has 35 heavy (non-hydrogen) atoms. The quantitative estimate of drug-likeness (QED) is 0.270. The molecule has 11 heteroatoms. The standard InChI is InChI=1S/C24H28N6O4S/c1-17-15-19(5-8-22(17)35(31,32)28-11-14-34-13-9-25)29-23-24-27-16-21(30(24)12-10-26-23)18-3-6-20(33-2)7-4-18/h3-8,10,12,15-16,28H,9,11,13-14,25H2,1-2H3,(H,26,29). The van der Waals surface area contributed by atoms with Crippen molar-refractivity contribution in [2.75, 3.05) is 38.7 Å². The Morgan fingerprint density at radius 2 is 1.89 bits per heavy atom. The molecule has 2 aromatic carbocycles. The zero-order valence-corrected chi connectivity index (χ0v) is 20.4. The van der Waals surface area contributed by atoms with Crippen molar-refractivity contribution in [1.29, 1.82) is 0 Å². The fourth-order valence-electron chi connectivity index (χ4n) is 3.66. The van der Waals surface area contributed by atoms with Crippen LogP contribution >= 0.6 is 0 Å². The number of nitrogens with one attached hydrogen (secondary N) is 2. The molecule has 0 radical (unpaired) electrons. The van der Waals surface area contributed by atoms with Gasteiger partial charge in [-0.1, -0.05) is 0 Å². The minimum Gasteiger partial charge on any atom is -0.497 e. The van der Waals surface area contributed by atoms with E-state index in [9.17, 15) is 8.42 Å². The van der Waals surface area contributed by atoms with Crippen LogP contribution in [-0.2, 0) is 14.8 Å². The van der Waals surface area contributed by atoms with Gasteiger partial charge in [0.15, 0.2) is 11.5 Å². The number of anilines is 2. The number of ether oxygens (including phenoxy) is 2. The van der Waals surface area contributed by atoms with Gasteiger partial charge in [-0.15, -0.1) is 0 Å². The monoisotopic (exact) mass is 496 g/mol. The Morgan fingerprint density at radius 1 is 1.09 bits per heavy atom. The van der Waals surface area contributed by atoms with Gasteiger partial charge in [-0.2, -0.15) is 0 Å². The number of hydrogen-bond donors (Lipinski definition) is 3. The number of benzene rings is 2. The minimum atomic E-state index is -3.66. The zero-order valence-electron chi connectivity index (χ0n) is 19.6. The maximum Gasteiger partial charge on any atom is 0.240 e. The summed E-state index contributed by atoms with van der Waals surface area (Å²) in [6.45, 7) is 2.96. The van der Waals surface area contributed by atoms with E-state index in [1.807, 2.05) is 34.9 Å². The van der Waals surface area contributed by atoms with Crippen LogP contribution in [0.2, 0.25) is 0 Å². The molecule has 4 N–H and O–H groups in total. The molecule has 0 aliphatic rings. The number of sulfonamides is 1. The van der Waals surface area contributed by atoms with Gasteiger partial charge in [0.05, 0.1) is 37.1 Å². The van der Waals surface area contributed by atoms with Crippen molar-refractivity contribution < 1.29 is 17.9 Å². The van der Waals surface area contributed by atoms with Gasteiger partial charge in [0, 0.05) is 36.7 Å². The van der Waals surface area contributed by atoms with E-state index in [1.54, 1.807) is 44.6 Å². The van der Waals surface area contributed by atoms with Crippen molar-refractivity contribution in [3.8, 4) is 17.0 Å². The van der Waals surface area contributed by atoms with Gasteiger partial charge in [0.25, 0.3) is 0 Å². The molecule has 0 atom stereocenters. The Labute approximate surface area is 204 Å². The van der Waals surface area contributed by atoms with Crippen LogP contribution in [0.3, 0.4) is 0 Å². The third-order valence-electron chi connectivity index (χ3n) is 5.34. The maximum atomic E-state index is 12.7. The average Bonchev–Trinajstić information content (AvgIpc) is 3.29. The van der Waals surface area contributed by atoms with Crippen LogP contribution in [0.4, 0.5) is 11.5 Å². The number of hydrogen-bond acceptors (Lipinski definition) is 8. The lowest BCUT2D eigenvalue weighted by atomic mass is 10.1. The Balaban J connectivity index is 1.53. The second kappa shape index (κ2) is 10.8. The van der Waals surface area contributed by atoms with Gasteiger partial charge < -0.3 is 20.5 Å². The van der Waals surface area contributed by atoms with Gasteiger partial charge in [0.2, 0.25) is 10.0 Å². The fourth-order valence-corrected chi connectivity index (χ4v) is 4.90. The highest BCUT2D eigenvalue weighted by Gasteiger charge is 2.17. The summed E-state index contributed by atoms with van der Waals surface area (Å²) in [5, 5.41) is 3.25. The van der Waals surface area contributed by atoms with Crippen LogP contribution < -0.4 is 20.5 Å². The van der Waals surface area contributed by atoms with E-state index >= 15 is 0 Å². The number of nitrogens with zero attached hydrogens (tertiary/aromatic N) is 3. The first-order valence-corrected chi connectivity index (χ1v) is 12.5. The minimum absolute atomic E-state index is 0.171. The third-order valence-corrected chi connectivity index (χ3v) is 6.96. The molecule has 0 unspecified atom stereocenters. The predicted octanol–water partition coefficient (Wildman–Crippen LogP) is 2.71. The van der Waals surface area contributed by atoms with Crippen LogP contribution in [0.1, 0.15) is 5.56 Å². The van der Waals surface area contributed by atoms with E-state index < -0.39 is 10.0 Å². The molecule has 4 rings (SSSR count). The summed E-state index contributed by atoms with van der Waals surface area (Å²) >= 11 is 0. The van der Waals surface area contributed by atoms with Crippen LogP contribution in [0.5, 0.6) is 5.75 Å². The molecule has 184 valence electrons. The van der Waals surface area contributed by atoms with E-state index in [0.717, 1.165) is 17.0 Å². The topological polar surface area (TPSA) is 133 Å². The van der Waals surface area contributed by atoms with Crippen molar-refractivity contribution in [1.82, 2.24) is 19.1 Å². The molecular weight excluding hydrogens is 468 g/mol. The number of nitrogens with two attached hydrogens (primary N) is 1. The first-order valence-electron chi connectivity index (χ1n) is 11.0. The van der Waals surface area contributed by atoms with Crippen molar-refractivity contribution in [2.24, 2.45) is 5.73 Å². The van der Waals surface area contributed by atoms with E-state index in [2.05, 4.69) is 20.0 Å². The Morgan fingerprint density at radius 3 is 2.60 bits per heavy atom. The third kappa shape index (κ3) is 5.60. The van der Waals surface area contributed by atoms with E-state index in [-0.39, 0.29) is 18.0 Å². The van der Waals surface area contributed by atoms with Gasteiger partial charge >= 0.3 is 0 Å². The van der Waals surface area contributed by atoms with Crippen molar-refractivity contribution in [3.63, 3.8) is 0 Å². The molecule has 0 saturated carbocycles. The normalized spacial score (nSPS) is 11.6. The molecule has 0 amide bonds. The summed E-state index contributed by atoms with van der Waals surface area (Å²) < 4.78 is 40.3. The van der Waals surface area contributed by atoms with E-state index in [0.29, 0.717) is 35.9 Å². The molecular formula is C24H28N6O4S. The summed E-state index contributed by atoms with van der Waals surface area (Å²) in [5.41, 5.74) is 9.20. The number of methoxy groups -OCH3 is 1.